The zero-order valence-corrected chi connectivity index (χ0v) is 11.1. The van der Waals surface area contributed by atoms with E-state index in [0.29, 0.717) is 11.1 Å². The third-order valence-electron chi connectivity index (χ3n) is 2.59. The molecule has 0 spiro atoms. The molecule has 0 aliphatic rings. The van der Waals surface area contributed by atoms with Gasteiger partial charge in [-0.1, -0.05) is 24.3 Å². The largest absolute Gasteiger partial charge is 0.478 e. The third-order valence-corrected chi connectivity index (χ3v) is 2.59. The first kappa shape index (κ1) is 16.7. The van der Waals surface area contributed by atoms with Crippen molar-refractivity contribution in [3.8, 4) is 0 Å². The number of nitrogens with one attached hydrogen (secondary N) is 1. The summed E-state index contributed by atoms with van der Waals surface area (Å²) in [7, 11) is 0. The molecule has 0 saturated carbocycles. The molecule has 0 aliphatic heterocycles. The molecule has 0 radical (unpaired) electrons. The van der Waals surface area contributed by atoms with E-state index in [4.69, 9.17) is 5.11 Å². The van der Waals surface area contributed by atoms with Crippen LogP contribution in [0.2, 0.25) is 0 Å². The van der Waals surface area contributed by atoms with Gasteiger partial charge in [0.1, 0.15) is 6.42 Å². The van der Waals surface area contributed by atoms with Crippen LogP contribution < -0.4 is 5.32 Å². The summed E-state index contributed by atoms with van der Waals surface area (Å²) in [5.41, 5.74) is 1.26. The second-order valence-electron chi connectivity index (χ2n) is 4.42. The van der Waals surface area contributed by atoms with E-state index in [1.807, 2.05) is 0 Å². The smallest absolute Gasteiger partial charge is 0.397 e. The fraction of sp³-hybridized carbons (Fsp3) is 0.286. The van der Waals surface area contributed by atoms with Crippen LogP contribution in [0.25, 0.3) is 6.08 Å². The first-order valence-corrected chi connectivity index (χ1v) is 6.04. The third kappa shape index (κ3) is 6.60. The van der Waals surface area contributed by atoms with Gasteiger partial charge >= 0.3 is 12.1 Å². The average Bonchev–Trinajstić information content (AvgIpc) is 2.34. The molecule has 114 valence electrons. The normalized spacial score (nSPS) is 13.1. The standard InChI is InChI=1S/C14H14F3NO3/c1-9(18-12(19)8-14(15,16)17)11-5-2-10(3-6-11)4-7-13(20)21/h2-7,9H,8H2,1H3,(H,18,19)(H,20,21). The van der Waals surface area contributed by atoms with Gasteiger partial charge in [0, 0.05) is 6.08 Å². The van der Waals surface area contributed by atoms with Gasteiger partial charge in [-0.3, -0.25) is 4.79 Å². The van der Waals surface area contributed by atoms with Crippen molar-refractivity contribution in [3.05, 3.63) is 41.5 Å². The highest BCUT2D eigenvalue weighted by Crippen LogP contribution is 2.20. The van der Waals surface area contributed by atoms with Crippen molar-refractivity contribution in [2.75, 3.05) is 0 Å². The molecule has 0 saturated heterocycles. The lowest BCUT2D eigenvalue weighted by Crippen LogP contribution is -2.30. The molecule has 0 aliphatic carbocycles. The van der Waals surface area contributed by atoms with Crippen molar-refractivity contribution in [2.45, 2.75) is 25.6 Å². The summed E-state index contributed by atoms with van der Waals surface area (Å²) in [6.07, 6.45) is -3.69. The number of amides is 1. The molecule has 1 aromatic rings. The van der Waals surface area contributed by atoms with Crippen LogP contribution in [0.4, 0.5) is 13.2 Å². The Morgan fingerprint density at radius 3 is 2.33 bits per heavy atom. The maximum atomic E-state index is 12.0. The van der Waals surface area contributed by atoms with Crippen LogP contribution >= 0.6 is 0 Å². The van der Waals surface area contributed by atoms with Gasteiger partial charge in [-0.05, 0) is 24.1 Å². The van der Waals surface area contributed by atoms with Crippen molar-refractivity contribution >= 4 is 18.0 Å². The average molecular weight is 301 g/mol. The van der Waals surface area contributed by atoms with E-state index in [2.05, 4.69) is 5.32 Å². The number of carboxylic acids is 1. The van der Waals surface area contributed by atoms with E-state index < -0.39 is 30.5 Å². The number of carboxylic acid groups (broad SMARTS) is 1. The zero-order chi connectivity index (χ0) is 16.0. The lowest BCUT2D eigenvalue weighted by atomic mass is 10.1. The quantitative estimate of drug-likeness (QED) is 0.822. The minimum atomic E-state index is -4.53. The van der Waals surface area contributed by atoms with Crippen molar-refractivity contribution < 1.29 is 27.9 Å². The van der Waals surface area contributed by atoms with Gasteiger partial charge in [-0.25, -0.2) is 4.79 Å². The number of carbonyl (C=O) groups excluding carboxylic acids is 1. The van der Waals surface area contributed by atoms with E-state index >= 15 is 0 Å². The number of hydrogen-bond donors (Lipinski definition) is 2. The molecule has 21 heavy (non-hydrogen) atoms. The van der Waals surface area contributed by atoms with Crippen LogP contribution in [-0.4, -0.2) is 23.2 Å². The summed E-state index contributed by atoms with van der Waals surface area (Å²) in [5.74, 6) is -2.17. The van der Waals surface area contributed by atoms with Gasteiger partial charge in [0.05, 0.1) is 6.04 Å². The van der Waals surface area contributed by atoms with Crippen LogP contribution in [0.5, 0.6) is 0 Å². The summed E-state index contributed by atoms with van der Waals surface area (Å²) in [6.45, 7) is 1.57. The molecule has 0 fully saturated rings. The molecular formula is C14H14F3NO3. The SMILES string of the molecule is CC(NC(=O)CC(F)(F)F)c1ccc(C=CC(=O)O)cc1. The molecule has 7 heteroatoms. The predicted molar refractivity (Wildman–Crippen MR) is 70.3 cm³/mol. The fourth-order valence-electron chi connectivity index (χ4n) is 1.62. The second kappa shape index (κ2) is 6.92. The number of halogens is 3. The number of benzene rings is 1. The molecule has 2 N–H and O–H groups in total. The Morgan fingerprint density at radius 2 is 1.86 bits per heavy atom. The van der Waals surface area contributed by atoms with Gasteiger partial charge in [-0.15, -0.1) is 0 Å². The molecular weight excluding hydrogens is 287 g/mol. The Kier molecular flexibility index (Phi) is 5.52. The molecule has 0 bridgehead atoms. The Morgan fingerprint density at radius 1 is 1.29 bits per heavy atom. The highest BCUT2D eigenvalue weighted by atomic mass is 19.4. The molecule has 1 rings (SSSR count). The topological polar surface area (TPSA) is 66.4 Å². The maximum absolute atomic E-state index is 12.0. The predicted octanol–water partition coefficient (Wildman–Crippen LogP) is 2.91. The van der Waals surface area contributed by atoms with E-state index in [9.17, 15) is 22.8 Å². The van der Waals surface area contributed by atoms with E-state index in [0.717, 1.165) is 6.08 Å². The summed E-state index contributed by atoms with van der Waals surface area (Å²) in [4.78, 5) is 21.5. The van der Waals surface area contributed by atoms with Crippen molar-refractivity contribution in [1.29, 1.82) is 0 Å². The summed E-state index contributed by atoms with van der Waals surface area (Å²) in [6, 6.07) is 5.88. The van der Waals surface area contributed by atoms with Gasteiger partial charge in [0.15, 0.2) is 0 Å². The van der Waals surface area contributed by atoms with E-state index in [-0.39, 0.29) is 0 Å². The number of rotatable bonds is 5. The lowest BCUT2D eigenvalue weighted by Gasteiger charge is -2.15. The number of hydrogen-bond acceptors (Lipinski definition) is 2. The molecule has 4 nitrogen and oxygen atoms in total. The first-order valence-electron chi connectivity index (χ1n) is 6.04. The van der Waals surface area contributed by atoms with Crippen molar-refractivity contribution in [2.24, 2.45) is 0 Å². The number of aliphatic carboxylic acids is 1. The number of alkyl halides is 3. The highest BCUT2D eigenvalue weighted by molar-refractivity contribution is 5.85. The molecule has 1 unspecified atom stereocenters. The van der Waals surface area contributed by atoms with Crippen LogP contribution in [0.15, 0.2) is 30.3 Å². The summed E-state index contributed by atoms with van der Waals surface area (Å²) >= 11 is 0. The van der Waals surface area contributed by atoms with Crippen molar-refractivity contribution in [3.63, 3.8) is 0 Å². The fourth-order valence-corrected chi connectivity index (χ4v) is 1.62. The summed E-state index contributed by atoms with van der Waals surface area (Å²) in [5, 5.41) is 10.7. The summed E-state index contributed by atoms with van der Waals surface area (Å²) < 4.78 is 36.1. The van der Waals surface area contributed by atoms with E-state index in [1.54, 1.807) is 31.2 Å². The van der Waals surface area contributed by atoms with Crippen LogP contribution in [-0.2, 0) is 9.59 Å². The van der Waals surface area contributed by atoms with Crippen LogP contribution in [0.3, 0.4) is 0 Å². The molecule has 0 heterocycles. The lowest BCUT2D eigenvalue weighted by molar-refractivity contribution is -0.154. The van der Waals surface area contributed by atoms with Gasteiger partial charge in [0.2, 0.25) is 5.91 Å². The minimum absolute atomic E-state index is 0.572. The molecule has 1 atom stereocenters. The minimum Gasteiger partial charge on any atom is -0.478 e. The highest BCUT2D eigenvalue weighted by Gasteiger charge is 2.31. The van der Waals surface area contributed by atoms with Gasteiger partial charge in [0.25, 0.3) is 0 Å². The first-order chi connectivity index (χ1) is 9.67. The van der Waals surface area contributed by atoms with Gasteiger partial charge in [-0.2, -0.15) is 13.2 Å². The molecule has 1 amide bonds. The number of carbonyl (C=O) groups is 2. The zero-order valence-electron chi connectivity index (χ0n) is 11.1. The maximum Gasteiger partial charge on any atom is 0.397 e. The Hall–Kier alpha value is -2.31. The van der Waals surface area contributed by atoms with Crippen molar-refractivity contribution in [1.82, 2.24) is 5.32 Å². The monoisotopic (exact) mass is 301 g/mol. The Labute approximate surface area is 119 Å². The molecule has 1 aromatic carbocycles. The van der Waals surface area contributed by atoms with Crippen LogP contribution in [0.1, 0.15) is 30.5 Å². The Bertz CT molecular complexity index is 535. The van der Waals surface area contributed by atoms with Crippen LogP contribution in [0, 0.1) is 0 Å². The second-order valence-corrected chi connectivity index (χ2v) is 4.42. The Balaban J connectivity index is 2.65. The van der Waals surface area contributed by atoms with E-state index in [1.165, 1.54) is 6.08 Å². The molecule has 0 aromatic heterocycles. The van der Waals surface area contributed by atoms with Gasteiger partial charge < -0.3 is 10.4 Å².